The van der Waals surface area contributed by atoms with E-state index in [1.807, 2.05) is 66.1 Å². The van der Waals surface area contributed by atoms with Gasteiger partial charge in [-0.25, -0.2) is 0 Å². The molecule has 35 heavy (non-hydrogen) atoms. The van der Waals surface area contributed by atoms with Crippen LogP contribution in [-0.2, 0) is 11.4 Å². The van der Waals surface area contributed by atoms with E-state index in [0.717, 1.165) is 17.0 Å². The van der Waals surface area contributed by atoms with Crippen LogP contribution in [0.15, 0.2) is 78.0 Å². The van der Waals surface area contributed by atoms with Gasteiger partial charge < -0.3 is 19.5 Å². The Balaban J connectivity index is 1.48. The van der Waals surface area contributed by atoms with Gasteiger partial charge in [-0.05, 0) is 31.2 Å². The molecule has 4 rings (SSSR count). The number of methoxy groups -OCH3 is 2. The van der Waals surface area contributed by atoms with E-state index in [1.165, 1.54) is 11.8 Å². The first kappa shape index (κ1) is 24.2. The Morgan fingerprint density at radius 1 is 0.914 bits per heavy atom. The zero-order chi connectivity index (χ0) is 24.6. The van der Waals surface area contributed by atoms with Crippen LogP contribution in [0.4, 0.5) is 5.69 Å². The van der Waals surface area contributed by atoms with Crippen LogP contribution < -0.4 is 19.5 Å². The summed E-state index contributed by atoms with van der Waals surface area (Å²) in [5, 5.41) is 12.1. The van der Waals surface area contributed by atoms with Gasteiger partial charge in [0.25, 0.3) is 0 Å². The van der Waals surface area contributed by atoms with Crippen molar-refractivity contribution in [1.82, 2.24) is 14.8 Å². The lowest BCUT2D eigenvalue weighted by atomic mass is 10.2. The van der Waals surface area contributed by atoms with E-state index in [2.05, 4.69) is 15.5 Å². The van der Waals surface area contributed by atoms with E-state index in [9.17, 15) is 4.79 Å². The summed E-state index contributed by atoms with van der Waals surface area (Å²) in [6, 6.07) is 22.8. The van der Waals surface area contributed by atoms with Gasteiger partial charge in [0, 0.05) is 29.6 Å². The van der Waals surface area contributed by atoms with E-state index in [-0.39, 0.29) is 18.3 Å². The molecule has 0 fully saturated rings. The minimum atomic E-state index is -0.189. The topological polar surface area (TPSA) is 87.5 Å². The molecule has 0 unspecified atom stereocenters. The van der Waals surface area contributed by atoms with Crippen molar-refractivity contribution in [3.05, 3.63) is 84.2 Å². The van der Waals surface area contributed by atoms with Gasteiger partial charge in [0.15, 0.2) is 11.0 Å². The van der Waals surface area contributed by atoms with Crippen LogP contribution in [0.2, 0.25) is 0 Å². The maximum Gasteiger partial charge on any atom is 0.234 e. The number of aromatic nitrogens is 3. The van der Waals surface area contributed by atoms with Crippen molar-refractivity contribution in [1.29, 1.82) is 0 Å². The number of rotatable bonds is 10. The van der Waals surface area contributed by atoms with E-state index in [1.54, 1.807) is 32.4 Å². The standard InChI is InChI=1S/C26H26N4O4S/c1-18-9-11-21(12-10-18)34-16-24-28-29-26(30(24)20-7-5-4-6-8-20)35-17-25(31)27-19-13-22(32-2)15-23(14-19)33-3/h4-15H,16-17H2,1-3H3,(H,27,31). The molecule has 0 aliphatic rings. The predicted molar refractivity (Wildman–Crippen MR) is 136 cm³/mol. The number of carbonyl (C=O) groups is 1. The summed E-state index contributed by atoms with van der Waals surface area (Å²) >= 11 is 1.29. The molecule has 1 amide bonds. The van der Waals surface area contributed by atoms with Gasteiger partial charge in [0.2, 0.25) is 5.91 Å². The van der Waals surface area contributed by atoms with Crippen molar-refractivity contribution in [3.8, 4) is 22.9 Å². The molecule has 0 aliphatic heterocycles. The Kier molecular flexibility index (Phi) is 7.89. The fourth-order valence-electron chi connectivity index (χ4n) is 3.31. The van der Waals surface area contributed by atoms with Crippen LogP contribution in [0.5, 0.6) is 17.2 Å². The Bertz CT molecular complexity index is 1250. The Morgan fingerprint density at radius 2 is 1.60 bits per heavy atom. The van der Waals surface area contributed by atoms with Gasteiger partial charge in [-0.2, -0.15) is 0 Å². The zero-order valence-electron chi connectivity index (χ0n) is 19.7. The van der Waals surface area contributed by atoms with Crippen LogP contribution in [0.3, 0.4) is 0 Å². The van der Waals surface area contributed by atoms with E-state index in [0.29, 0.717) is 28.2 Å². The zero-order valence-corrected chi connectivity index (χ0v) is 20.5. The molecule has 0 bridgehead atoms. The third-order valence-electron chi connectivity index (χ3n) is 5.07. The molecule has 180 valence electrons. The quantitative estimate of drug-likeness (QED) is 0.316. The number of amides is 1. The summed E-state index contributed by atoms with van der Waals surface area (Å²) in [5.41, 5.74) is 2.64. The van der Waals surface area contributed by atoms with Crippen LogP contribution >= 0.6 is 11.8 Å². The molecular formula is C26H26N4O4S. The average molecular weight is 491 g/mol. The van der Waals surface area contributed by atoms with E-state index >= 15 is 0 Å². The molecule has 9 heteroatoms. The second-order valence-corrected chi connectivity index (χ2v) is 8.55. The lowest BCUT2D eigenvalue weighted by Gasteiger charge is -2.12. The smallest absolute Gasteiger partial charge is 0.234 e. The van der Waals surface area contributed by atoms with Crippen LogP contribution in [0.1, 0.15) is 11.4 Å². The summed E-state index contributed by atoms with van der Waals surface area (Å²) in [4.78, 5) is 12.7. The lowest BCUT2D eigenvalue weighted by molar-refractivity contribution is -0.113. The number of aryl methyl sites for hydroxylation is 1. The van der Waals surface area contributed by atoms with Gasteiger partial charge in [-0.1, -0.05) is 47.7 Å². The second-order valence-electron chi connectivity index (χ2n) is 7.61. The molecule has 1 aromatic heterocycles. The molecule has 0 aliphatic carbocycles. The number of ether oxygens (including phenoxy) is 3. The second kappa shape index (κ2) is 11.4. The predicted octanol–water partition coefficient (Wildman–Crippen LogP) is 4.90. The maximum atomic E-state index is 12.7. The molecule has 0 saturated heterocycles. The van der Waals surface area contributed by atoms with Crippen molar-refractivity contribution in [3.63, 3.8) is 0 Å². The molecule has 0 spiro atoms. The highest BCUT2D eigenvalue weighted by Gasteiger charge is 2.17. The van der Waals surface area contributed by atoms with Crippen molar-refractivity contribution < 1.29 is 19.0 Å². The SMILES string of the molecule is COc1cc(NC(=O)CSc2nnc(COc3ccc(C)cc3)n2-c2ccccc2)cc(OC)c1. The number of hydrogen-bond acceptors (Lipinski definition) is 7. The summed E-state index contributed by atoms with van der Waals surface area (Å²) in [7, 11) is 3.12. The van der Waals surface area contributed by atoms with Gasteiger partial charge in [-0.3, -0.25) is 9.36 Å². The molecule has 0 saturated carbocycles. The molecule has 3 aromatic carbocycles. The third kappa shape index (κ3) is 6.33. The summed E-state index contributed by atoms with van der Waals surface area (Å²) in [6.45, 7) is 2.27. The normalized spacial score (nSPS) is 10.6. The van der Waals surface area contributed by atoms with Crippen molar-refractivity contribution in [2.45, 2.75) is 18.7 Å². The number of carbonyl (C=O) groups excluding carboxylic acids is 1. The first-order valence-corrected chi connectivity index (χ1v) is 11.9. The number of hydrogen-bond donors (Lipinski definition) is 1. The molecule has 0 atom stereocenters. The minimum absolute atomic E-state index is 0.142. The first-order valence-electron chi connectivity index (χ1n) is 10.9. The van der Waals surface area contributed by atoms with Crippen LogP contribution in [0.25, 0.3) is 5.69 Å². The summed E-state index contributed by atoms with van der Waals surface area (Å²) in [5.74, 6) is 2.52. The molecule has 1 heterocycles. The fraction of sp³-hybridized carbons (Fsp3) is 0.192. The fourth-order valence-corrected chi connectivity index (χ4v) is 4.08. The number of thioether (sulfide) groups is 1. The monoisotopic (exact) mass is 490 g/mol. The Hall–Kier alpha value is -3.98. The number of nitrogens with zero attached hydrogens (tertiary/aromatic N) is 3. The Labute approximate surface area is 208 Å². The average Bonchev–Trinajstić information content (AvgIpc) is 3.30. The molecule has 8 nitrogen and oxygen atoms in total. The van der Waals surface area contributed by atoms with Gasteiger partial charge >= 0.3 is 0 Å². The highest BCUT2D eigenvalue weighted by molar-refractivity contribution is 7.99. The number of nitrogens with one attached hydrogen (secondary N) is 1. The van der Waals surface area contributed by atoms with E-state index in [4.69, 9.17) is 14.2 Å². The van der Waals surface area contributed by atoms with Crippen molar-refractivity contribution in [2.75, 3.05) is 25.3 Å². The van der Waals surface area contributed by atoms with Crippen molar-refractivity contribution >= 4 is 23.4 Å². The summed E-state index contributed by atoms with van der Waals surface area (Å²) in [6.07, 6.45) is 0. The third-order valence-corrected chi connectivity index (χ3v) is 6.00. The maximum absolute atomic E-state index is 12.7. The first-order chi connectivity index (χ1) is 17.1. The highest BCUT2D eigenvalue weighted by atomic mass is 32.2. The lowest BCUT2D eigenvalue weighted by Crippen LogP contribution is -2.15. The van der Waals surface area contributed by atoms with Gasteiger partial charge in [-0.15, -0.1) is 10.2 Å². The molecule has 0 radical (unpaired) electrons. The largest absolute Gasteiger partial charge is 0.497 e. The summed E-state index contributed by atoms with van der Waals surface area (Å²) < 4.78 is 18.4. The van der Waals surface area contributed by atoms with Crippen LogP contribution in [0, 0.1) is 6.92 Å². The number of benzene rings is 3. The van der Waals surface area contributed by atoms with E-state index < -0.39 is 0 Å². The molecular weight excluding hydrogens is 464 g/mol. The number of para-hydroxylation sites is 1. The van der Waals surface area contributed by atoms with Crippen molar-refractivity contribution in [2.24, 2.45) is 0 Å². The van der Waals surface area contributed by atoms with Gasteiger partial charge in [0.1, 0.15) is 23.9 Å². The van der Waals surface area contributed by atoms with Crippen LogP contribution in [-0.4, -0.2) is 40.6 Å². The Morgan fingerprint density at radius 3 is 2.26 bits per heavy atom. The highest BCUT2D eigenvalue weighted by Crippen LogP contribution is 2.27. The minimum Gasteiger partial charge on any atom is -0.497 e. The molecule has 4 aromatic rings. The number of anilines is 1. The molecule has 1 N–H and O–H groups in total. The van der Waals surface area contributed by atoms with Gasteiger partial charge in [0.05, 0.1) is 20.0 Å².